The SMILES string of the molecule is OCC(F)(F)CNC1CC(c2cccc(Br)c2)C1. The van der Waals surface area contributed by atoms with Crippen LogP contribution in [0.3, 0.4) is 0 Å². The van der Waals surface area contributed by atoms with Gasteiger partial charge in [0.15, 0.2) is 0 Å². The van der Waals surface area contributed by atoms with E-state index in [0.29, 0.717) is 5.92 Å². The van der Waals surface area contributed by atoms with Crippen LogP contribution in [0.25, 0.3) is 0 Å². The average molecular weight is 320 g/mol. The molecule has 0 heterocycles. The highest BCUT2D eigenvalue weighted by molar-refractivity contribution is 9.10. The topological polar surface area (TPSA) is 32.3 Å². The summed E-state index contributed by atoms with van der Waals surface area (Å²) in [6.07, 6.45) is 1.75. The summed E-state index contributed by atoms with van der Waals surface area (Å²) in [6.45, 7) is -1.54. The second-order valence-corrected chi connectivity index (χ2v) is 5.73. The van der Waals surface area contributed by atoms with Crippen LogP contribution in [0.4, 0.5) is 8.78 Å². The van der Waals surface area contributed by atoms with Crippen LogP contribution in [-0.2, 0) is 0 Å². The van der Waals surface area contributed by atoms with Crippen molar-refractivity contribution in [1.29, 1.82) is 0 Å². The van der Waals surface area contributed by atoms with Gasteiger partial charge in [-0.05, 0) is 36.5 Å². The van der Waals surface area contributed by atoms with E-state index in [2.05, 4.69) is 33.4 Å². The number of hydrogen-bond acceptors (Lipinski definition) is 2. The molecule has 0 aliphatic heterocycles. The van der Waals surface area contributed by atoms with Crippen LogP contribution in [0.2, 0.25) is 0 Å². The molecule has 18 heavy (non-hydrogen) atoms. The number of nitrogens with one attached hydrogen (secondary N) is 1. The Morgan fingerprint density at radius 2 is 2.11 bits per heavy atom. The molecular weight excluding hydrogens is 304 g/mol. The minimum Gasteiger partial charge on any atom is -0.390 e. The third kappa shape index (κ3) is 3.49. The lowest BCUT2D eigenvalue weighted by molar-refractivity contribution is -0.0512. The van der Waals surface area contributed by atoms with Gasteiger partial charge in [-0.2, -0.15) is 0 Å². The Bertz CT molecular complexity index is 408. The summed E-state index contributed by atoms with van der Waals surface area (Å²) in [5, 5.41) is 11.3. The van der Waals surface area contributed by atoms with Gasteiger partial charge in [0, 0.05) is 10.5 Å². The standard InChI is InChI=1S/C13H16BrF2NO/c14-11-3-1-2-9(4-11)10-5-12(6-10)17-7-13(15,16)8-18/h1-4,10,12,17-18H,5-8H2. The van der Waals surface area contributed by atoms with Gasteiger partial charge in [-0.25, -0.2) is 8.78 Å². The van der Waals surface area contributed by atoms with Crippen molar-refractivity contribution in [3.63, 3.8) is 0 Å². The Kier molecular flexibility index (Phi) is 4.35. The van der Waals surface area contributed by atoms with Gasteiger partial charge in [0.2, 0.25) is 0 Å². The van der Waals surface area contributed by atoms with E-state index < -0.39 is 19.1 Å². The fourth-order valence-corrected chi connectivity index (χ4v) is 2.58. The molecule has 1 aliphatic rings. The third-order valence-corrected chi connectivity index (χ3v) is 3.83. The van der Waals surface area contributed by atoms with Gasteiger partial charge in [0.05, 0.1) is 6.54 Å². The van der Waals surface area contributed by atoms with Gasteiger partial charge in [-0.3, -0.25) is 0 Å². The van der Waals surface area contributed by atoms with Crippen molar-refractivity contribution in [2.24, 2.45) is 0 Å². The maximum Gasteiger partial charge on any atom is 0.282 e. The quantitative estimate of drug-likeness (QED) is 0.874. The van der Waals surface area contributed by atoms with Crippen LogP contribution >= 0.6 is 15.9 Å². The molecule has 100 valence electrons. The van der Waals surface area contributed by atoms with Crippen molar-refractivity contribution in [2.45, 2.75) is 30.7 Å². The first kappa shape index (κ1) is 13.9. The number of alkyl halides is 2. The predicted octanol–water partition coefficient (Wildman–Crippen LogP) is 2.91. The molecule has 0 aromatic heterocycles. The van der Waals surface area contributed by atoms with E-state index in [9.17, 15) is 8.78 Å². The molecule has 1 aromatic rings. The molecule has 0 atom stereocenters. The number of halogens is 3. The molecule has 0 saturated heterocycles. The Morgan fingerprint density at radius 1 is 1.39 bits per heavy atom. The zero-order valence-corrected chi connectivity index (χ0v) is 11.5. The fourth-order valence-electron chi connectivity index (χ4n) is 2.17. The van der Waals surface area contributed by atoms with E-state index in [1.165, 1.54) is 5.56 Å². The first-order valence-corrected chi connectivity index (χ1v) is 6.77. The van der Waals surface area contributed by atoms with Crippen molar-refractivity contribution in [3.8, 4) is 0 Å². The average Bonchev–Trinajstić information content (AvgIpc) is 2.27. The molecular formula is C13H16BrF2NO. The monoisotopic (exact) mass is 319 g/mol. The Labute approximate surface area is 114 Å². The van der Waals surface area contributed by atoms with E-state index in [1.54, 1.807) is 0 Å². The van der Waals surface area contributed by atoms with Crippen LogP contribution in [0.1, 0.15) is 24.3 Å². The summed E-state index contributed by atoms with van der Waals surface area (Å²) in [7, 11) is 0. The van der Waals surface area contributed by atoms with E-state index >= 15 is 0 Å². The normalized spacial score (nSPS) is 23.8. The van der Waals surface area contributed by atoms with Gasteiger partial charge in [-0.15, -0.1) is 0 Å². The minimum absolute atomic E-state index is 0.131. The van der Waals surface area contributed by atoms with Crippen molar-refractivity contribution < 1.29 is 13.9 Å². The van der Waals surface area contributed by atoms with Crippen LogP contribution in [0.15, 0.2) is 28.7 Å². The molecule has 0 amide bonds. The fraction of sp³-hybridized carbons (Fsp3) is 0.538. The molecule has 2 N–H and O–H groups in total. The second kappa shape index (κ2) is 5.63. The van der Waals surface area contributed by atoms with Gasteiger partial charge in [0.25, 0.3) is 5.92 Å². The first-order valence-electron chi connectivity index (χ1n) is 5.98. The van der Waals surface area contributed by atoms with Crippen LogP contribution in [0, 0.1) is 0 Å². The highest BCUT2D eigenvalue weighted by atomic mass is 79.9. The molecule has 1 aliphatic carbocycles. The Hall–Kier alpha value is -0.520. The van der Waals surface area contributed by atoms with Crippen molar-refractivity contribution in [2.75, 3.05) is 13.2 Å². The molecule has 0 radical (unpaired) electrons. The van der Waals surface area contributed by atoms with Crippen LogP contribution < -0.4 is 5.32 Å². The van der Waals surface area contributed by atoms with Crippen molar-refractivity contribution in [1.82, 2.24) is 5.32 Å². The van der Waals surface area contributed by atoms with Crippen molar-refractivity contribution in [3.05, 3.63) is 34.3 Å². The first-order chi connectivity index (χ1) is 8.50. The summed E-state index contributed by atoms with van der Waals surface area (Å²) in [4.78, 5) is 0. The molecule has 2 rings (SSSR count). The highest BCUT2D eigenvalue weighted by Gasteiger charge is 2.34. The summed E-state index contributed by atoms with van der Waals surface area (Å²) >= 11 is 3.42. The van der Waals surface area contributed by atoms with Gasteiger partial charge >= 0.3 is 0 Å². The highest BCUT2D eigenvalue weighted by Crippen LogP contribution is 2.37. The Balaban J connectivity index is 1.77. The van der Waals surface area contributed by atoms with Gasteiger partial charge in [-0.1, -0.05) is 28.1 Å². The van der Waals surface area contributed by atoms with Crippen LogP contribution in [-0.4, -0.2) is 30.2 Å². The van der Waals surface area contributed by atoms with E-state index in [1.807, 2.05) is 12.1 Å². The number of rotatable bonds is 5. The molecule has 1 saturated carbocycles. The van der Waals surface area contributed by atoms with Gasteiger partial charge < -0.3 is 10.4 Å². The lowest BCUT2D eigenvalue weighted by Crippen LogP contribution is -2.46. The minimum atomic E-state index is -3.01. The predicted molar refractivity (Wildman–Crippen MR) is 69.9 cm³/mol. The number of aliphatic hydroxyl groups excluding tert-OH is 1. The lowest BCUT2D eigenvalue weighted by Gasteiger charge is -2.37. The molecule has 0 unspecified atom stereocenters. The number of aliphatic hydroxyl groups is 1. The van der Waals surface area contributed by atoms with E-state index in [0.717, 1.165) is 17.3 Å². The lowest BCUT2D eigenvalue weighted by atomic mass is 9.76. The smallest absolute Gasteiger partial charge is 0.282 e. The maximum atomic E-state index is 12.8. The van der Waals surface area contributed by atoms with Crippen molar-refractivity contribution >= 4 is 15.9 Å². The molecule has 2 nitrogen and oxygen atoms in total. The Morgan fingerprint density at radius 3 is 2.72 bits per heavy atom. The molecule has 0 spiro atoms. The van der Waals surface area contributed by atoms with E-state index in [-0.39, 0.29) is 6.04 Å². The molecule has 5 heteroatoms. The van der Waals surface area contributed by atoms with E-state index in [4.69, 9.17) is 5.11 Å². The molecule has 1 aromatic carbocycles. The summed E-state index contributed by atoms with van der Waals surface area (Å²) in [6, 6.07) is 8.23. The molecule has 1 fully saturated rings. The zero-order chi connectivity index (χ0) is 13.2. The summed E-state index contributed by atoms with van der Waals surface area (Å²) < 4.78 is 26.7. The molecule has 0 bridgehead atoms. The number of benzene rings is 1. The second-order valence-electron chi connectivity index (χ2n) is 4.82. The van der Waals surface area contributed by atoms with Gasteiger partial charge in [0.1, 0.15) is 6.61 Å². The summed E-state index contributed by atoms with van der Waals surface area (Å²) in [5.74, 6) is -2.57. The third-order valence-electron chi connectivity index (χ3n) is 3.34. The van der Waals surface area contributed by atoms with Crippen LogP contribution in [0.5, 0.6) is 0 Å². The largest absolute Gasteiger partial charge is 0.390 e. The summed E-state index contributed by atoms with van der Waals surface area (Å²) in [5.41, 5.74) is 1.25. The zero-order valence-electron chi connectivity index (χ0n) is 9.87. The maximum absolute atomic E-state index is 12.8. The number of hydrogen-bond donors (Lipinski definition) is 2.